The standard InChI is InChI=1S/C16H18ClN3O/c1-3-9-20-16(21)15(17)14(11-19-20)18-10-12(2)13-7-5-4-6-8-13/h3-8,11-12,18H,1,9-10H2,2H3. The zero-order chi connectivity index (χ0) is 15.2. The topological polar surface area (TPSA) is 46.9 Å². The SMILES string of the molecule is C=CCn1ncc(NCC(C)c2ccccc2)c(Cl)c1=O. The molecule has 1 aromatic heterocycles. The first-order chi connectivity index (χ1) is 10.1. The first-order valence-electron chi connectivity index (χ1n) is 6.78. The molecule has 0 saturated heterocycles. The molecule has 0 amide bonds. The number of anilines is 1. The van der Waals surface area contributed by atoms with E-state index in [0.717, 1.165) is 0 Å². The summed E-state index contributed by atoms with van der Waals surface area (Å²) in [5, 5.41) is 7.41. The number of allylic oxidation sites excluding steroid dienone is 1. The maximum absolute atomic E-state index is 12.0. The van der Waals surface area contributed by atoms with Gasteiger partial charge in [-0.1, -0.05) is 54.9 Å². The zero-order valence-corrected chi connectivity index (χ0v) is 12.7. The van der Waals surface area contributed by atoms with E-state index in [-0.39, 0.29) is 10.6 Å². The number of rotatable bonds is 6. The van der Waals surface area contributed by atoms with Gasteiger partial charge in [0.25, 0.3) is 5.56 Å². The normalized spacial score (nSPS) is 11.9. The molecular formula is C16H18ClN3O. The minimum atomic E-state index is -0.311. The highest BCUT2D eigenvalue weighted by Gasteiger charge is 2.10. The van der Waals surface area contributed by atoms with Crippen molar-refractivity contribution in [2.75, 3.05) is 11.9 Å². The highest BCUT2D eigenvalue weighted by molar-refractivity contribution is 6.32. The zero-order valence-electron chi connectivity index (χ0n) is 11.9. The van der Waals surface area contributed by atoms with Gasteiger partial charge >= 0.3 is 0 Å². The Bertz CT molecular complexity index is 667. The van der Waals surface area contributed by atoms with E-state index >= 15 is 0 Å². The summed E-state index contributed by atoms with van der Waals surface area (Å²) in [4.78, 5) is 12.0. The molecule has 0 radical (unpaired) electrons. The van der Waals surface area contributed by atoms with Gasteiger partial charge < -0.3 is 5.32 Å². The van der Waals surface area contributed by atoms with E-state index < -0.39 is 0 Å². The lowest BCUT2D eigenvalue weighted by molar-refractivity contribution is 0.652. The van der Waals surface area contributed by atoms with Crippen LogP contribution in [-0.2, 0) is 6.54 Å². The Morgan fingerprint density at radius 2 is 2.14 bits per heavy atom. The van der Waals surface area contributed by atoms with Crippen molar-refractivity contribution in [3.05, 3.63) is 70.1 Å². The highest BCUT2D eigenvalue weighted by atomic mass is 35.5. The van der Waals surface area contributed by atoms with Gasteiger partial charge in [-0.3, -0.25) is 4.79 Å². The third-order valence-corrected chi connectivity index (χ3v) is 3.62. The summed E-state index contributed by atoms with van der Waals surface area (Å²) >= 11 is 6.09. The van der Waals surface area contributed by atoms with Crippen LogP contribution in [0, 0.1) is 0 Å². The van der Waals surface area contributed by atoms with E-state index in [1.807, 2.05) is 18.2 Å². The molecule has 5 heteroatoms. The van der Waals surface area contributed by atoms with Crippen molar-refractivity contribution < 1.29 is 0 Å². The van der Waals surface area contributed by atoms with Crippen LogP contribution in [0.5, 0.6) is 0 Å². The smallest absolute Gasteiger partial charge is 0.287 e. The molecule has 1 heterocycles. The van der Waals surface area contributed by atoms with Crippen LogP contribution in [0.4, 0.5) is 5.69 Å². The molecule has 0 aliphatic carbocycles. The second-order valence-corrected chi connectivity index (χ2v) is 5.22. The minimum Gasteiger partial charge on any atom is -0.382 e. The van der Waals surface area contributed by atoms with Crippen LogP contribution >= 0.6 is 11.6 Å². The molecule has 0 spiro atoms. The van der Waals surface area contributed by atoms with Crippen LogP contribution in [0.2, 0.25) is 5.02 Å². The van der Waals surface area contributed by atoms with E-state index in [4.69, 9.17) is 11.6 Å². The summed E-state index contributed by atoms with van der Waals surface area (Å²) in [7, 11) is 0. The van der Waals surface area contributed by atoms with E-state index in [1.54, 1.807) is 12.3 Å². The predicted molar refractivity (Wildman–Crippen MR) is 87.1 cm³/mol. The van der Waals surface area contributed by atoms with E-state index in [2.05, 4.69) is 36.1 Å². The molecule has 1 unspecified atom stereocenters. The largest absolute Gasteiger partial charge is 0.382 e. The average Bonchev–Trinajstić information content (AvgIpc) is 2.52. The van der Waals surface area contributed by atoms with Gasteiger partial charge in [0.2, 0.25) is 0 Å². The molecule has 2 aromatic rings. The Hall–Kier alpha value is -2.07. The molecule has 110 valence electrons. The third kappa shape index (κ3) is 3.73. The van der Waals surface area contributed by atoms with Gasteiger partial charge in [0.05, 0.1) is 18.4 Å². The number of hydrogen-bond acceptors (Lipinski definition) is 3. The average molecular weight is 304 g/mol. The molecule has 1 atom stereocenters. The number of halogens is 1. The summed E-state index contributed by atoms with van der Waals surface area (Å²) in [6.45, 7) is 6.72. The van der Waals surface area contributed by atoms with Gasteiger partial charge in [0, 0.05) is 6.54 Å². The number of nitrogens with zero attached hydrogens (tertiary/aromatic N) is 2. The van der Waals surface area contributed by atoms with Crippen molar-refractivity contribution in [2.24, 2.45) is 0 Å². The Balaban J connectivity index is 2.09. The van der Waals surface area contributed by atoms with E-state index in [9.17, 15) is 4.79 Å². The molecule has 1 aromatic carbocycles. The fraction of sp³-hybridized carbons (Fsp3) is 0.250. The van der Waals surface area contributed by atoms with Crippen molar-refractivity contribution in [3.63, 3.8) is 0 Å². The number of hydrogen-bond donors (Lipinski definition) is 1. The lowest BCUT2D eigenvalue weighted by Gasteiger charge is -2.15. The van der Waals surface area contributed by atoms with Crippen molar-refractivity contribution in [1.29, 1.82) is 0 Å². The minimum absolute atomic E-state index is 0.159. The summed E-state index contributed by atoms with van der Waals surface area (Å²) in [6.07, 6.45) is 3.18. The molecule has 21 heavy (non-hydrogen) atoms. The van der Waals surface area contributed by atoms with Gasteiger partial charge in [-0.25, -0.2) is 4.68 Å². The molecule has 0 bridgehead atoms. The monoisotopic (exact) mass is 303 g/mol. The first-order valence-corrected chi connectivity index (χ1v) is 7.16. The highest BCUT2D eigenvalue weighted by Crippen LogP contribution is 2.19. The van der Waals surface area contributed by atoms with Gasteiger partial charge in [-0.05, 0) is 11.5 Å². The maximum atomic E-state index is 12.0. The quantitative estimate of drug-likeness (QED) is 0.833. The van der Waals surface area contributed by atoms with Crippen LogP contribution in [0.15, 0.2) is 54.0 Å². The molecule has 2 rings (SSSR count). The predicted octanol–water partition coefficient (Wildman–Crippen LogP) is 3.30. The van der Waals surface area contributed by atoms with Crippen LogP contribution in [0.1, 0.15) is 18.4 Å². The van der Waals surface area contributed by atoms with Crippen molar-refractivity contribution >= 4 is 17.3 Å². The lowest BCUT2D eigenvalue weighted by atomic mass is 10.0. The second kappa shape index (κ2) is 7.09. The third-order valence-electron chi connectivity index (χ3n) is 3.25. The van der Waals surface area contributed by atoms with Crippen LogP contribution in [-0.4, -0.2) is 16.3 Å². The summed E-state index contributed by atoms with van der Waals surface area (Å²) in [6, 6.07) is 10.2. The molecule has 0 aliphatic rings. The first kappa shape index (κ1) is 15.3. The second-order valence-electron chi connectivity index (χ2n) is 4.84. The van der Waals surface area contributed by atoms with E-state index in [1.165, 1.54) is 10.2 Å². The molecule has 0 saturated carbocycles. The van der Waals surface area contributed by atoms with Gasteiger partial charge in [-0.2, -0.15) is 5.10 Å². The Labute approximate surface area is 129 Å². The number of nitrogens with one attached hydrogen (secondary N) is 1. The molecule has 1 N–H and O–H groups in total. The molecule has 0 aliphatic heterocycles. The van der Waals surface area contributed by atoms with Crippen LogP contribution in [0.3, 0.4) is 0 Å². The fourth-order valence-corrected chi connectivity index (χ4v) is 2.22. The van der Waals surface area contributed by atoms with Gasteiger partial charge in [-0.15, -0.1) is 6.58 Å². The van der Waals surface area contributed by atoms with Gasteiger partial charge in [0.15, 0.2) is 0 Å². The van der Waals surface area contributed by atoms with Crippen LogP contribution < -0.4 is 10.9 Å². The Morgan fingerprint density at radius 3 is 2.81 bits per heavy atom. The molecule has 0 fully saturated rings. The number of benzene rings is 1. The lowest BCUT2D eigenvalue weighted by Crippen LogP contribution is -2.24. The Kier molecular flexibility index (Phi) is 5.17. The Morgan fingerprint density at radius 1 is 1.43 bits per heavy atom. The summed E-state index contributed by atoms with van der Waals surface area (Å²) in [5.74, 6) is 0.304. The summed E-state index contributed by atoms with van der Waals surface area (Å²) in [5.41, 5.74) is 1.48. The van der Waals surface area contributed by atoms with Gasteiger partial charge in [0.1, 0.15) is 5.02 Å². The maximum Gasteiger partial charge on any atom is 0.287 e. The van der Waals surface area contributed by atoms with Crippen molar-refractivity contribution in [3.8, 4) is 0 Å². The molecular weight excluding hydrogens is 286 g/mol. The van der Waals surface area contributed by atoms with Crippen LogP contribution in [0.25, 0.3) is 0 Å². The summed E-state index contributed by atoms with van der Waals surface area (Å²) < 4.78 is 1.28. The fourth-order valence-electron chi connectivity index (χ4n) is 2.00. The van der Waals surface area contributed by atoms with E-state index in [0.29, 0.717) is 24.7 Å². The van der Waals surface area contributed by atoms with Crippen molar-refractivity contribution in [2.45, 2.75) is 19.4 Å². The number of aromatic nitrogens is 2. The van der Waals surface area contributed by atoms with Crippen molar-refractivity contribution in [1.82, 2.24) is 9.78 Å². The molecule has 4 nitrogen and oxygen atoms in total.